The van der Waals surface area contributed by atoms with Gasteiger partial charge in [0.2, 0.25) is 0 Å². The Balaban J connectivity index is 2.11. The van der Waals surface area contributed by atoms with Crippen molar-refractivity contribution in [1.82, 2.24) is 0 Å². The SMILES string of the molecule is CC1[C@H]2C[C@@H]1[C@H](C=O)C[C@H]2C. The van der Waals surface area contributed by atoms with Crippen LogP contribution in [0.1, 0.15) is 26.7 Å². The van der Waals surface area contributed by atoms with Crippen LogP contribution in [0, 0.1) is 29.6 Å². The maximum atomic E-state index is 10.7. The van der Waals surface area contributed by atoms with Gasteiger partial charge in [0.25, 0.3) is 0 Å². The fraction of sp³-hybridized carbons (Fsp3) is 0.900. The highest BCUT2D eigenvalue weighted by atomic mass is 16.1. The second-order valence-electron chi connectivity index (χ2n) is 4.44. The minimum absolute atomic E-state index is 0.394. The average Bonchev–Trinajstić information content (AvgIpc) is 2.01. The van der Waals surface area contributed by atoms with E-state index in [2.05, 4.69) is 13.8 Å². The topological polar surface area (TPSA) is 17.1 Å². The Bertz CT molecular complexity index is 172. The monoisotopic (exact) mass is 152 g/mol. The Morgan fingerprint density at radius 2 is 1.91 bits per heavy atom. The average molecular weight is 152 g/mol. The Kier molecular flexibility index (Phi) is 1.55. The molecule has 0 aromatic carbocycles. The molecule has 1 unspecified atom stereocenters. The predicted octanol–water partition coefficient (Wildman–Crippen LogP) is 2.11. The van der Waals surface area contributed by atoms with Gasteiger partial charge in [-0.25, -0.2) is 0 Å². The zero-order chi connectivity index (χ0) is 8.01. The van der Waals surface area contributed by atoms with Crippen LogP contribution in [0.2, 0.25) is 0 Å². The molecule has 0 spiro atoms. The van der Waals surface area contributed by atoms with E-state index >= 15 is 0 Å². The standard InChI is InChI=1S/C10H16O/c1-6-3-8(5-11)10-4-9(6)7(10)2/h5-10H,3-4H2,1-2H3/t6-,7?,8+,9+,10+/m1/s1. The normalized spacial score (nSPS) is 54.9. The van der Waals surface area contributed by atoms with E-state index in [4.69, 9.17) is 0 Å². The van der Waals surface area contributed by atoms with E-state index < -0.39 is 0 Å². The van der Waals surface area contributed by atoms with Crippen molar-refractivity contribution in [3.05, 3.63) is 0 Å². The molecule has 3 aliphatic rings. The molecule has 1 heteroatoms. The van der Waals surface area contributed by atoms with E-state index in [9.17, 15) is 4.79 Å². The van der Waals surface area contributed by atoms with Crippen LogP contribution >= 0.6 is 0 Å². The number of rotatable bonds is 1. The van der Waals surface area contributed by atoms with E-state index in [1.54, 1.807) is 0 Å². The van der Waals surface area contributed by atoms with Gasteiger partial charge < -0.3 is 4.79 Å². The minimum atomic E-state index is 0.394. The molecular formula is C10H16O. The first-order valence-electron chi connectivity index (χ1n) is 4.69. The molecule has 0 heterocycles. The molecule has 0 aromatic heterocycles. The van der Waals surface area contributed by atoms with Gasteiger partial charge in [-0.15, -0.1) is 0 Å². The molecule has 11 heavy (non-hydrogen) atoms. The van der Waals surface area contributed by atoms with Crippen molar-refractivity contribution in [2.24, 2.45) is 29.6 Å². The molecule has 0 saturated heterocycles. The van der Waals surface area contributed by atoms with Crippen LogP contribution in [0.3, 0.4) is 0 Å². The third kappa shape index (κ3) is 0.863. The smallest absolute Gasteiger partial charge is 0.123 e. The quantitative estimate of drug-likeness (QED) is 0.526. The molecule has 0 N–H and O–H groups in total. The summed E-state index contributed by atoms with van der Waals surface area (Å²) in [6, 6.07) is 0. The predicted molar refractivity (Wildman–Crippen MR) is 44.1 cm³/mol. The summed E-state index contributed by atoms with van der Waals surface area (Å²) in [5.41, 5.74) is 0. The highest BCUT2D eigenvalue weighted by molar-refractivity contribution is 5.55. The highest BCUT2D eigenvalue weighted by Gasteiger charge is 2.49. The molecule has 3 rings (SSSR count). The third-order valence-electron chi connectivity index (χ3n) is 3.99. The zero-order valence-electron chi connectivity index (χ0n) is 7.29. The molecule has 5 atom stereocenters. The molecule has 3 aliphatic carbocycles. The third-order valence-corrected chi connectivity index (χ3v) is 3.99. The zero-order valence-corrected chi connectivity index (χ0v) is 7.29. The largest absolute Gasteiger partial charge is 0.303 e. The second-order valence-corrected chi connectivity index (χ2v) is 4.44. The van der Waals surface area contributed by atoms with E-state index in [0.29, 0.717) is 5.92 Å². The first-order chi connectivity index (χ1) is 5.24. The van der Waals surface area contributed by atoms with Gasteiger partial charge in [-0.3, -0.25) is 0 Å². The Hall–Kier alpha value is -0.330. The highest BCUT2D eigenvalue weighted by Crippen LogP contribution is 2.55. The Morgan fingerprint density at radius 3 is 2.36 bits per heavy atom. The van der Waals surface area contributed by atoms with Gasteiger partial charge >= 0.3 is 0 Å². The summed E-state index contributed by atoms with van der Waals surface area (Å²) < 4.78 is 0. The molecular weight excluding hydrogens is 136 g/mol. The van der Waals surface area contributed by atoms with Crippen molar-refractivity contribution in [3.63, 3.8) is 0 Å². The van der Waals surface area contributed by atoms with Crippen LogP contribution in [-0.2, 0) is 4.79 Å². The molecule has 3 fully saturated rings. The van der Waals surface area contributed by atoms with Crippen LogP contribution in [0.25, 0.3) is 0 Å². The van der Waals surface area contributed by atoms with Crippen LogP contribution in [-0.4, -0.2) is 6.29 Å². The molecule has 0 amide bonds. The molecule has 0 aliphatic heterocycles. The van der Waals surface area contributed by atoms with Gasteiger partial charge in [0.15, 0.2) is 0 Å². The van der Waals surface area contributed by atoms with Crippen LogP contribution in [0.4, 0.5) is 0 Å². The van der Waals surface area contributed by atoms with Crippen molar-refractivity contribution in [2.75, 3.05) is 0 Å². The van der Waals surface area contributed by atoms with E-state index in [-0.39, 0.29) is 0 Å². The molecule has 2 bridgehead atoms. The second kappa shape index (κ2) is 2.33. The van der Waals surface area contributed by atoms with Gasteiger partial charge in [0.1, 0.15) is 6.29 Å². The van der Waals surface area contributed by atoms with Crippen molar-refractivity contribution in [2.45, 2.75) is 26.7 Å². The maximum absolute atomic E-state index is 10.7. The summed E-state index contributed by atoms with van der Waals surface area (Å²) in [5.74, 6) is 3.70. The number of carbonyl (C=O) groups is 1. The van der Waals surface area contributed by atoms with Crippen molar-refractivity contribution in [3.8, 4) is 0 Å². The van der Waals surface area contributed by atoms with E-state index in [1.165, 1.54) is 12.7 Å². The lowest BCUT2D eigenvalue weighted by Crippen LogP contribution is -2.49. The Labute approximate surface area is 68.2 Å². The van der Waals surface area contributed by atoms with E-state index in [0.717, 1.165) is 30.1 Å². The Morgan fingerprint density at radius 1 is 1.18 bits per heavy atom. The first-order valence-corrected chi connectivity index (χ1v) is 4.69. The number of carbonyl (C=O) groups excluding carboxylic acids is 1. The van der Waals surface area contributed by atoms with Gasteiger partial charge in [-0.2, -0.15) is 0 Å². The lowest BCUT2D eigenvalue weighted by Gasteiger charge is -2.54. The summed E-state index contributed by atoms with van der Waals surface area (Å²) in [5, 5.41) is 0. The van der Waals surface area contributed by atoms with Crippen molar-refractivity contribution in [1.29, 1.82) is 0 Å². The summed E-state index contributed by atoms with van der Waals surface area (Å²) in [7, 11) is 0. The van der Waals surface area contributed by atoms with Gasteiger partial charge in [-0.05, 0) is 36.5 Å². The first kappa shape index (κ1) is 7.33. The molecule has 0 aromatic rings. The van der Waals surface area contributed by atoms with Crippen LogP contribution in [0.15, 0.2) is 0 Å². The molecule has 62 valence electrons. The summed E-state index contributed by atoms with van der Waals surface area (Å²) in [6.07, 6.45) is 3.67. The lowest BCUT2D eigenvalue weighted by atomic mass is 9.50. The molecule has 0 radical (unpaired) electrons. The maximum Gasteiger partial charge on any atom is 0.123 e. The van der Waals surface area contributed by atoms with Gasteiger partial charge in [0, 0.05) is 5.92 Å². The summed E-state index contributed by atoms with van der Waals surface area (Å²) in [6.45, 7) is 4.61. The van der Waals surface area contributed by atoms with Crippen molar-refractivity contribution < 1.29 is 4.79 Å². The molecule has 3 saturated carbocycles. The van der Waals surface area contributed by atoms with Crippen molar-refractivity contribution >= 4 is 6.29 Å². The van der Waals surface area contributed by atoms with Crippen LogP contribution in [0.5, 0.6) is 0 Å². The molecule has 1 nitrogen and oxygen atoms in total. The number of fused-ring (bicyclic) bond motifs is 2. The lowest BCUT2D eigenvalue weighted by molar-refractivity contribution is -0.125. The van der Waals surface area contributed by atoms with E-state index in [1.807, 2.05) is 0 Å². The number of hydrogen-bond donors (Lipinski definition) is 0. The fourth-order valence-corrected chi connectivity index (χ4v) is 3.12. The van der Waals surface area contributed by atoms with Gasteiger partial charge in [-0.1, -0.05) is 13.8 Å². The summed E-state index contributed by atoms with van der Waals surface area (Å²) >= 11 is 0. The van der Waals surface area contributed by atoms with Gasteiger partial charge in [0.05, 0.1) is 0 Å². The fourth-order valence-electron chi connectivity index (χ4n) is 3.12. The summed E-state index contributed by atoms with van der Waals surface area (Å²) in [4.78, 5) is 10.7. The van der Waals surface area contributed by atoms with Crippen LogP contribution < -0.4 is 0 Å². The minimum Gasteiger partial charge on any atom is -0.303 e. The number of hydrogen-bond acceptors (Lipinski definition) is 1. The number of aldehydes is 1.